The first-order valence-corrected chi connectivity index (χ1v) is 10.4. The van der Waals surface area contributed by atoms with Crippen LogP contribution >= 0.6 is 0 Å². The molecule has 1 saturated carbocycles. The van der Waals surface area contributed by atoms with Crippen LogP contribution < -0.4 is 10.2 Å². The van der Waals surface area contributed by atoms with Crippen molar-refractivity contribution in [3.8, 4) is 0 Å². The zero-order chi connectivity index (χ0) is 20.1. The Bertz CT molecular complexity index is 1030. The number of rotatable bonds is 3. The van der Waals surface area contributed by atoms with Crippen LogP contribution in [0.15, 0.2) is 60.8 Å². The fourth-order valence-corrected chi connectivity index (χ4v) is 5.37. The number of amides is 2. The molecule has 5 rings (SSSR count). The minimum absolute atomic E-state index is 0.0239. The van der Waals surface area contributed by atoms with E-state index in [1.165, 1.54) is 5.56 Å². The van der Waals surface area contributed by atoms with Crippen LogP contribution in [-0.2, 0) is 5.54 Å². The number of nitrogens with one attached hydrogen (secondary N) is 2. The highest BCUT2D eigenvalue weighted by Gasteiger charge is 2.50. The third-order valence-electron chi connectivity index (χ3n) is 7.14. The Hall–Kier alpha value is -2.79. The van der Waals surface area contributed by atoms with Gasteiger partial charge in [-0.3, -0.25) is 9.80 Å². The molecule has 2 amide bonds. The van der Waals surface area contributed by atoms with Gasteiger partial charge in [-0.25, -0.2) is 4.79 Å². The highest BCUT2D eigenvalue weighted by molar-refractivity contribution is 6.04. The zero-order valence-electron chi connectivity index (χ0n) is 17.1. The quantitative estimate of drug-likeness (QED) is 0.696. The summed E-state index contributed by atoms with van der Waals surface area (Å²) in [6.45, 7) is 0.731. The van der Waals surface area contributed by atoms with Crippen LogP contribution in [0.2, 0.25) is 0 Å². The van der Waals surface area contributed by atoms with E-state index in [1.54, 1.807) is 0 Å². The number of anilines is 1. The number of aromatic amines is 1. The summed E-state index contributed by atoms with van der Waals surface area (Å²) in [6, 6.07) is 19.0. The van der Waals surface area contributed by atoms with Crippen molar-refractivity contribution in [3.63, 3.8) is 0 Å². The average molecular weight is 389 g/mol. The molecule has 1 aliphatic carbocycles. The molecule has 2 aliphatic rings. The largest absolute Gasteiger partial charge is 0.361 e. The van der Waals surface area contributed by atoms with Gasteiger partial charge in [-0.05, 0) is 63.5 Å². The Morgan fingerprint density at radius 3 is 2.41 bits per heavy atom. The summed E-state index contributed by atoms with van der Waals surface area (Å²) in [5.74, 6) is 0. The van der Waals surface area contributed by atoms with Crippen molar-refractivity contribution in [3.05, 3.63) is 66.4 Å². The van der Waals surface area contributed by atoms with Crippen LogP contribution in [-0.4, -0.2) is 42.1 Å². The van der Waals surface area contributed by atoms with Gasteiger partial charge in [0.25, 0.3) is 0 Å². The fourth-order valence-electron chi connectivity index (χ4n) is 5.37. The van der Waals surface area contributed by atoms with E-state index in [2.05, 4.69) is 71.8 Å². The number of fused-ring (bicyclic) bond motifs is 1. The van der Waals surface area contributed by atoms with Gasteiger partial charge in [0.15, 0.2) is 0 Å². The number of aromatic nitrogens is 1. The molecule has 2 fully saturated rings. The van der Waals surface area contributed by atoms with Crippen molar-refractivity contribution in [2.24, 2.45) is 0 Å². The lowest BCUT2D eigenvalue weighted by Gasteiger charge is -2.48. The Kier molecular flexibility index (Phi) is 4.17. The van der Waals surface area contributed by atoms with Crippen molar-refractivity contribution in [2.75, 3.05) is 25.5 Å². The van der Waals surface area contributed by atoms with E-state index in [4.69, 9.17) is 0 Å². The Balaban J connectivity index is 1.41. The smallest absolute Gasteiger partial charge is 0.322 e. The topological polar surface area (TPSA) is 51.4 Å². The maximum absolute atomic E-state index is 13.0. The zero-order valence-corrected chi connectivity index (χ0v) is 17.1. The van der Waals surface area contributed by atoms with Crippen LogP contribution in [0.4, 0.5) is 10.5 Å². The minimum Gasteiger partial charge on any atom is -0.361 e. The molecule has 3 aromatic rings. The van der Waals surface area contributed by atoms with Gasteiger partial charge in [0.2, 0.25) is 0 Å². The lowest BCUT2D eigenvalue weighted by Crippen LogP contribution is -2.54. The molecular weight excluding hydrogens is 360 g/mol. The maximum atomic E-state index is 13.0. The first kappa shape index (κ1) is 18.3. The molecule has 0 atom stereocenters. The van der Waals surface area contributed by atoms with E-state index >= 15 is 0 Å². The maximum Gasteiger partial charge on any atom is 0.322 e. The van der Waals surface area contributed by atoms with Crippen LogP contribution in [0.1, 0.15) is 31.2 Å². The molecule has 5 heteroatoms. The van der Waals surface area contributed by atoms with E-state index in [9.17, 15) is 4.79 Å². The molecule has 0 unspecified atom stereocenters. The van der Waals surface area contributed by atoms with E-state index in [-0.39, 0.29) is 17.1 Å². The first-order chi connectivity index (χ1) is 14.0. The standard InChI is InChI=1S/C24H28N4O/c1-27(2)24(18-7-4-3-5-8-18)14-12-23(13-15-24)17-28(22(29)26-23)21-10-6-9-20-19(21)11-16-25-20/h3-11,16,25H,12-15,17H2,1-2H3,(H,26,29)/t23-,24+. The van der Waals surface area contributed by atoms with Gasteiger partial charge in [-0.1, -0.05) is 36.4 Å². The molecule has 29 heavy (non-hydrogen) atoms. The summed E-state index contributed by atoms with van der Waals surface area (Å²) in [5, 5.41) is 4.46. The lowest BCUT2D eigenvalue weighted by molar-refractivity contribution is 0.0658. The summed E-state index contributed by atoms with van der Waals surface area (Å²) < 4.78 is 0. The van der Waals surface area contributed by atoms with Gasteiger partial charge in [0.05, 0.1) is 17.8 Å². The van der Waals surface area contributed by atoms with E-state index in [0.717, 1.165) is 48.8 Å². The summed E-state index contributed by atoms with van der Waals surface area (Å²) in [5.41, 5.74) is 3.31. The Labute approximate surface area is 171 Å². The molecule has 2 heterocycles. The van der Waals surface area contributed by atoms with Gasteiger partial charge in [-0.15, -0.1) is 0 Å². The SMILES string of the molecule is CN(C)[C@]1(c2ccccc2)CC[C@]2(CC1)CN(c1cccc3[nH]ccc13)C(=O)N2. The number of urea groups is 1. The summed E-state index contributed by atoms with van der Waals surface area (Å²) >= 11 is 0. The highest BCUT2D eigenvalue weighted by Crippen LogP contribution is 2.46. The molecule has 2 N–H and O–H groups in total. The fraction of sp³-hybridized carbons (Fsp3) is 0.375. The molecule has 1 saturated heterocycles. The highest BCUT2D eigenvalue weighted by atomic mass is 16.2. The molecule has 5 nitrogen and oxygen atoms in total. The monoisotopic (exact) mass is 388 g/mol. The molecular formula is C24H28N4O. The van der Waals surface area contributed by atoms with E-state index < -0.39 is 0 Å². The van der Waals surface area contributed by atoms with Crippen molar-refractivity contribution >= 4 is 22.6 Å². The van der Waals surface area contributed by atoms with E-state index in [0.29, 0.717) is 0 Å². The van der Waals surface area contributed by atoms with Crippen molar-refractivity contribution in [1.82, 2.24) is 15.2 Å². The van der Waals surface area contributed by atoms with Crippen LogP contribution in [0.3, 0.4) is 0 Å². The van der Waals surface area contributed by atoms with Crippen molar-refractivity contribution in [2.45, 2.75) is 36.8 Å². The summed E-state index contributed by atoms with van der Waals surface area (Å²) in [7, 11) is 4.36. The molecule has 0 bridgehead atoms. The van der Waals surface area contributed by atoms with Gasteiger partial charge < -0.3 is 10.3 Å². The number of carbonyl (C=O) groups excluding carboxylic acids is 1. The van der Waals surface area contributed by atoms with Crippen LogP contribution in [0.25, 0.3) is 10.9 Å². The predicted octanol–water partition coefficient (Wildman–Crippen LogP) is 4.47. The number of H-pyrrole nitrogens is 1. The van der Waals surface area contributed by atoms with Gasteiger partial charge >= 0.3 is 6.03 Å². The number of hydrogen-bond donors (Lipinski definition) is 2. The van der Waals surface area contributed by atoms with Crippen LogP contribution in [0.5, 0.6) is 0 Å². The van der Waals surface area contributed by atoms with Crippen molar-refractivity contribution in [1.29, 1.82) is 0 Å². The first-order valence-electron chi connectivity index (χ1n) is 10.4. The lowest BCUT2D eigenvalue weighted by atomic mass is 9.69. The average Bonchev–Trinajstić information content (AvgIpc) is 3.34. The number of hydrogen-bond acceptors (Lipinski definition) is 2. The summed E-state index contributed by atoms with van der Waals surface area (Å²) in [4.78, 5) is 20.5. The molecule has 1 spiro atoms. The minimum atomic E-state index is -0.149. The number of benzene rings is 2. The molecule has 2 aromatic carbocycles. The number of nitrogens with zero attached hydrogens (tertiary/aromatic N) is 2. The molecule has 1 aromatic heterocycles. The van der Waals surface area contributed by atoms with Gasteiger partial charge in [0, 0.05) is 22.6 Å². The molecule has 0 radical (unpaired) electrons. The molecule has 1 aliphatic heterocycles. The van der Waals surface area contributed by atoms with Crippen LogP contribution in [0, 0.1) is 0 Å². The Morgan fingerprint density at radius 2 is 1.69 bits per heavy atom. The third-order valence-corrected chi connectivity index (χ3v) is 7.14. The van der Waals surface area contributed by atoms with E-state index in [1.807, 2.05) is 23.2 Å². The van der Waals surface area contributed by atoms with Gasteiger partial charge in [0.1, 0.15) is 0 Å². The third kappa shape index (κ3) is 2.84. The second kappa shape index (κ2) is 6.63. The summed E-state index contributed by atoms with van der Waals surface area (Å²) in [6.07, 6.45) is 5.96. The Morgan fingerprint density at radius 1 is 0.931 bits per heavy atom. The molecule has 150 valence electrons. The normalized spacial score (nSPS) is 27.1. The second-order valence-corrected chi connectivity index (χ2v) is 8.80. The number of carbonyl (C=O) groups is 1. The predicted molar refractivity (Wildman–Crippen MR) is 117 cm³/mol. The van der Waals surface area contributed by atoms with Crippen molar-refractivity contribution < 1.29 is 4.79 Å². The van der Waals surface area contributed by atoms with Gasteiger partial charge in [-0.2, -0.15) is 0 Å². The second-order valence-electron chi connectivity index (χ2n) is 8.80.